The van der Waals surface area contributed by atoms with E-state index in [1.54, 1.807) is 0 Å². The lowest BCUT2D eigenvalue weighted by atomic mass is 9.67. The Labute approximate surface area is 86.5 Å². The first-order valence-electron chi connectivity index (χ1n) is 5.59. The normalized spacial score (nSPS) is 33.8. The van der Waals surface area contributed by atoms with Crippen molar-refractivity contribution in [3.8, 4) is 12.3 Å². The van der Waals surface area contributed by atoms with Gasteiger partial charge in [0, 0.05) is 6.42 Å². The standard InChI is InChI=1S/C13H18O/c1-3-13(9-10-14-11(13)2)12-7-5-4-6-8-12/h1,12H,2,4-10H2. The molecule has 1 aliphatic heterocycles. The van der Waals surface area contributed by atoms with Crippen LogP contribution in [-0.2, 0) is 4.74 Å². The number of ether oxygens (including phenoxy) is 1. The summed E-state index contributed by atoms with van der Waals surface area (Å²) in [5, 5.41) is 0. The van der Waals surface area contributed by atoms with Gasteiger partial charge < -0.3 is 4.74 Å². The van der Waals surface area contributed by atoms with Crippen molar-refractivity contribution in [1.82, 2.24) is 0 Å². The van der Waals surface area contributed by atoms with Gasteiger partial charge in [-0.3, -0.25) is 0 Å². The van der Waals surface area contributed by atoms with Gasteiger partial charge in [0.15, 0.2) is 0 Å². The van der Waals surface area contributed by atoms with E-state index in [1.807, 2.05) is 0 Å². The average Bonchev–Trinajstić information content (AvgIpc) is 2.62. The first kappa shape index (κ1) is 9.65. The molecule has 0 N–H and O–H groups in total. The van der Waals surface area contributed by atoms with Crippen LogP contribution in [0.5, 0.6) is 0 Å². The fourth-order valence-corrected chi connectivity index (χ4v) is 2.90. The van der Waals surface area contributed by atoms with Crippen LogP contribution >= 0.6 is 0 Å². The summed E-state index contributed by atoms with van der Waals surface area (Å²) < 4.78 is 5.48. The molecule has 0 aromatic rings. The zero-order valence-electron chi connectivity index (χ0n) is 8.72. The molecule has 2 fully saturated rings. The van der Waals surface area contributed by atoms with E-state index < -0.39 is 0 Å². The van der Waals surface area contributed by atoms with Crippen molar-refractivity contribution in [1.29, 1.82) is 0 Å². The number of rotatable bonds is 1. The second kappa shape index (κ2) is 3.69. The SMILES string of the molecule is C#CC1(C2CCCCC2)CCOC1=C. The third-order valence-corrected chi connectivity index (χ3v) is 3.83. The van der Waals surface area contributed by atoms with Gasteiger partial charge in [0.25, 0.3) is 0 Å². The molecule has 0 spiro atoms. The fraction of sp³-hybridized carbons (Fsp3) is 0.692. The third-order valence-electron chi connectivity index (χ3n) is 3.83. The van der Waals surface area contributed by atoms with Crippen molar-refractivity contribution in [3.63, 3.8) is 0 Å². The van der Waals surface area contributed by atoms with E-state index in [0.29, 0.717) is 5.92 Å². The molecule has 76 valence electrons. The summed E-state index contributed by atoms with van der Waals surface area (Å²) in [4.78, 5) is 0. The summed E-state index contributed by atoms with van der Waals surface area (Å²) in [6, 6.07) is 0. The van der Waals surface area contributed by atoms with Crippen molar-refractivity contribution in [2.24, 2.45) is 11.3 Å². The van der Waals surface area contributed by atoms with E-state index in [1.165, 1.54) is 32.1 Å². The van der Waals surface area contributed by atoms with E-state index in [4.69, 9.17) is 11.2 Å². The molecule has 14 heavy (non-hydrogen) atoms. The Morgan fingerprint density at radius 1 is 1.36 bits per heavy atom. The molecule has 0 radical (unpaired) electrons. The van der Waals surface area contributed by atoms with Crippen LogP contribution in [0.1, 0.15) is 38.5 Å². The monoisotopic (exact) mass is 190 g/mol. The number of hydrogen-bond donors (Lipinski definition) is 0. The predicted octanol–water partition coefficient (Wildman–Crippen LogP) is 3.12. The van der Waals surface area contributed by atoms with Gasteiger partial charge in [-0.15, -0.1) is 6.42 Å². The molecule has 1 atom stereocenters. The van der Waals surface area contributed by atoms with E-state index in [2.05, 4.69) is 12.5 Å². The smallest absolute Gasteiger partial charge is 0.107 e. The van der Waals surface area contributed by atoms with Crippen molar-refractivity contribution in [2.45, 2.75) is 38.5 Å². The van der Waals surface area contributed by atoms with Gasteiger partial charge in [-0.2, -0.15) is 0 Å². The van der Waals surface area contributed by atoms with Gasteiger partial charge in [-0.1, -0.05) is 31.8 Å². The number of allylic oxidation sites excluding steroid dienone is 1. The molecule has 1 unspecified atom stereocenters. The molecule has 2 rings (SSSR count). The van der Waals surface area contributed by atoms with Gasteiger partial charge in [0.2, 0.25) is 0 Å². The van der Waals surface area contributed by atoms with Gasteiger partial charge >= 0.3 is 0 Å². The first-order chi connectivity index (χ1) is 6.79. The predicted molar refractivity (Wildman–Crippen MR) is 57.6 cm³/mol. The van der Waals surface area contributed by atoms with E-state index >= 15 is 0 Å². The molecule has 1 heteroatoms. The maximum Gasteiger partial charge on any atom is 0.107 e. The molecule has 0 aromatic heterocycles. The van der Waals surface area contributed by atoms with E-state index in [9.17, 15) is 0 Å². The lowest BCUT2D eigenvalue weighted by molar-refractivity contribution is 0.196. The summed E-state index contributed by atoms with van der Waals surface area (Å²) in [5.74, 6) is 4.45. The molecule has 1 heterocycles. The number of hydrogen-bond acceptors (Lipinski definition) is 1. The molecular weight excluding hydrogens is 172 g/mol. The van der Waals surface area contributed by atoms with Gasteiger partial charge in [0.05, 0.1) is 12.0 Å². The first-order valence-corrected chi connectivity index (χ1v) is 5.59. The van der Waals surface area contributed by atoms with Crippen molar-refractivity contribution < 1.29 is 4.74 Å². The van der Waals surface area contributed by atoms with Crippen LogP contribution in [0.2, 0.25) is 0 Å². The Balaban J connectivity index is 2.19. The molecule has 1 saturated heterocycles. The van der Waals surface area contributed by atoms with Gasteiger partial charge in [0.1, 0.15) is 5.76 Å². The van der Waals surface area contributed by atoms with Crippen molar-refractivity contribution in [2.75, 3.05) is 6.61 Å². The maximum atomic E-state index is 5.70. The minimum absolute atomic E-state index is 0.125. The highest BCUT2D eigenvalue weighted by molar-refractivity contribution is 5.25. The molecule has 0 aromatic carbocycles. The lowest BCUT2D eigenvalue weighted by Crippen LogP contribution is -2.29. The van der Waals surface area contributed by atoms with Crippen molar-refractivity contribution >= 4 is 0 Å². The molecule has 1 nitrogen and oxygen atoms in total. The maximum absolute atomic E-state index is 5.70. The molecule has 0 bridgehead atoms. The van der Waals surface area contributed by atoms with E-state index in [-0.39, 0.29) is 5.41 Å². The van der Waals surface area contributed by atoms with Crippen LogP contribution in [0, 0.1) is 23.7 Å². The summed E-state index contributed by atoms with van der Waals surface area (Å²) in [5.41, 5.74) is -0.125. The minimum Gasteiger partial charge on any atom is -0.497 e. The van der Waals surface area contributed by atoms with Crippen LogP contribution < -0.4 is 0 Å². The molecule has 1 saturated carbocycles. The van der Waals surface area contributed by atoms with Crippen LogP contribution in [0.25, 0.3) is 0 Å². The zero-order valence-corrected chi connectivity index (χ0v) is 8.72. The summed E-state index contributed by atoms with van der Waals surface area (Å²) in [6.45, 7) is 4.75. The summed E-state index contributed by atoms with van der Waals surface area (Å²) in [7, 11) is 0. The average molecular weight is 190 g/mol. The van der Waals surface area contributed by atoms with Crippen LogP contribution in [-0.4, -0.2) is 6.61 Å². The highest BCUT2D eigenvalue weighted by atomic mass is 16.5. The minimum atomic E-state index is -0.125. The third kappa shape index (κ3) is 1.34. The quantitative estimate of drug-likeness (QED) is 0.577. The zero-order chi connectivity index (χ0) is 10.0. The van der Waals surface area contributed by atoms with Crippen LogP contribution in [0.3, 0.4) is 0 Å². The number of terminal acetylenes is 1. The van der Waals surface area contributed by atoms with Gasteiger partial charge in [-0.05, 0) is 18.8 Å². The molecular formula is C13H18O. The second-order valence-corrected chi connectivity index (χ2v) is 4.47. The topological polar surface area (TPSA) is 9.23 Å². The second-order valence-electron chi connectivity index (χ2n) is 4.47. The molecule has 1 aliphatic carbocycles. The van der Waals surface area contributed by atoms with Crippen LogP contribution in [0.4, 0.5) is 0 Å². The fourth-order valence-electron chi connectivity index (χ4n) is 2.90. The Bertz CT molecular complexity index is 267. The molecule has 2 aliphatic rings. The van der Waals surface area contributed by atoms with Crippen LogP contribution in [0.15, 0.2) is 12.3 Å². The highest BCUT2D eigenvalue weighted by Gasteiger charge is 2.44. The Morgan fingerprint density at radius 2 is 2.07 bits per heavy atom. The summed E-state index contributed by atoms with van der Waals surface area (Å²) in [6.07, 6.45) is 13.2. The highest BCUT2D eigenvalue weighted by Crippen LogP contribution is 2.48. The summed E-state index contributed by atoms with van der Waals surface area (Å²) >= 11 is 0. The lowest BCUT2D eigenvalue weighted by Gasteiger charge is -2.34. The largest absolute Gasteiger partial charge is 0.497 e. The van der Waals surface area contributed by atoms with Crippen molar-refractivity contribution in [3.05, 3.63) is 12.3 Å². The van der Waals surface area contributed by atoms with Gasteiger partial charge in [-0.25, -0.2) is 0 Å². The molecule has 0 amide bonds. The Kier molecular flexibility index (Phi) is 2.54. The van der Waals surface area contributed by atoms with E-state index in [0.717, 1.165) is 18.8 Å². The Morgan fingerprint density at radius 3 is 2.57 bits per heavy atom. The Hall–Kier alpha value is -0.900.